The Bertz CT molecular complexity index is 699. The van der Waals surface area contributed by atoms with Crippen LogP contribution in [0.2, 0.25) is 0 Å². The van der Waals surface area contributed by atoms with Gasteiger partial charge in [0.2, 0.25) is 5.95 Å². The molecule has 0 amide bonds. The van der Waals surface area contributed by atoms with Crippen molar-refractivity contribution in [2.75, 3.05) is 0 Å². The van der Waals surface area contributed by atoms with Crippen LogP contribution in [0.5, 0.6) is 0 Å². The Hall–Kier alpha value is -1.70. The van der Waals surface area contributed by atoms with Gasteiger partial charge in [-0.15, -0.1) is 0 Å². The average molecular weight is 368 g/mol. The maximum atomic E-state index is 14.1. The molecule has 0 radical (unpaired) electrons. The largest absolute Gasteiger partial charge is 0.219 e. The number of unbranched alkanes of at least 4 members (excludes halogenated alkanes) is 2. The van der Waals surface area contributed by atoms with Crippen LogP contribution in [-0.4, -0.2) is 4.98 Å². The summed E-state index contributed by atoms with van der Waals surface area (Å²) in [5, 5.41) is 0. The third-order valence-electron chi connectivity index (χ3n) is 6.19. The number of nitrogens with zero attached hydrogens (tertiary/aromatic N) is 1. The fraction of sp³-hybridized carbons (Fsp3) is 0.560. The van der Waals surface area contributed by atoms with Gasteiger partial charge in [-0.2, -0.15) is 4.39 Å². The smallest absolute Gasteiger partial charge is 0.216 e. The number of aryl methyl sites for hydroxylation is 1. The highest BCUT2D eigenvalue weighted by molar-refractivity contribution is 5.59. The second kappa shape index (κ2) is 10.0. The molecule has 27 heavy (non-hydrogen) atoms. The summed E-state index contributed by atoms with van der Waals surface area (Å²) in [5.74, 6) is 1.32. The van der Waals surface area contributed by atoms with E-state index in [0.717, 1.165) is 30.0 Å². The molecule has 146 valence electrons. The normalized spacial score (nSPS) is 20.0. The first-order valence-electron chi connectivity index (χ1n) is 11.0. The van der Waals surface area contributed by atoms with Crippen molar-refractivity contribution < 1.29 is 4.39 Å². The maximum absolute atomic E-state index is 14.1. The van der Waals surface area contributed by atoms with Crippen molar-refractivity contribution in [3.63, 3.8) is 0 Å². The molecule has 1 aromatic carbocycles. The molecule has 1 aliphatic rings. The van der Waals surface area contributed by atoms with Gasteiger partial charge in [0, 0.05) is 11.1 Å². The minimum atomic E-state index is -0.320. The minimum absolute atomic E-state index is 0.320. The molecular weight excluding hydrogens is 333 g/mol. The Labute approximate surface area is 164 Å². The van der Waals surface area contributed by atoms with Crippen LogP contribution in [0, 0.1) is 11.9 Å². The van der Waals surface area contributed by atoms with E-state index in [1.165, 1.54) is 56.9 Å². The van der Waals surface area contributed by atoms with Gasteiger partial charge in [0.1, 0.15) is 0 Å². The van der Waals surface area contributed by atoms with E-state index in [9.17, 15) is 4.39 Å². The van der Waals surface area contributed by atoms with Gasteiger partial charge in [-0.1, -0.05) is 76.3 Å². The third-order valence-corrected chi connectivity index (χ3v) is 6.19. The second-order valence-corrected chi connectivity index (χ2v) is 8.23. The summed E-state index contributed by atoms with van der Waals surface area (Å²) in [7, 11) is 0. The minimum Gasteiger partial charge on any atom is -0.219 e. The molecule has 1 aliphatic carbocycles. The molecule has 1 nitrogen and oxygen atoms in total. The molecule has 0 saturated heterocycles. The zero-order valence-corrected chi connectivity index (χ0v) is 17.0. The second-order valence-electron chi connectivity index (χ2n) is 8.23. The maximum Gasteiger partial charge on any atom is 0.216 e. The molecule has 2 heteroatoms. The summed E-state index contributed by atoms with van der Waals surface area (Å²) in [5.41, 5.74) is 3.90. The van der Waals surface area contributed by atoms with E-state index in [0.29, 0.717) is 11.5 Å². The molecule has 2 aromatic rings. The van der Waals surface area contributed by atoms with Gasteiger partial charge >= 0.3 is 0 Å². The van der Waals surface area contributed by atoms with E-state index in [1.54, 1.807) is 0 Å². The highest BCUT2D eigenvalue weighted by Crippen LogP contribution is 2.38. The van der Waals surface area contributed by atoms with Crippen LogP contribution in [-0.2, 0) is 6.42 Å². The predicted octanol–water partition coefficient (Wildman–Crippen LogP) is 7.69. The number of halogens is 1. The monoisotopic (exact) mass is 367 g/mol. The zero-order valence-electron chi connectivity index (χ0n) is 17.0. The van der Waals surface area contributed by atoms with E-state index in [1.807, 2.05) is 12.1 Å². The van der Waals surface area contributed by atoms with Crippen LogP contribution in [0.4, 0.5) is 4.39 Å². The number of benzene rings is 1. The van der Waals surface area contributed by atoms with E-state index in [-0.39, 0.29) is 5.95 Å². The predicted molar refractivity (Wildman–Crippen MR) is 112 cm³/mol. The lowest BCUT2D eigenvalue weighted by molar-refractivity contribution is 0.303. The van der Waals surface area contributed by atoms with E-state index in [2.05, 4.69) is 43.1 Å². The van der Waals surface area contributed by atoms with Gasteiger partial charge in [-0.25, -0.2) is 4.98 Å². The van der Waals surface area contributed by atoms with Gasteiger partial charge in [0.15, 0.2) is 0 Å². The Morgan fingerprint density at radius 2 is 1.63 bits per heavy atom. The van der Waals surface area contributed by atoms with Gasteiger partial charge in [-0.3, -0.25) is 0 Å². The first-order chi connectivity index (χ1) is 13.2. The standard InChI is InChI=1S/C25H34FN/c1-3-5-6-8-19-9-11-20(12-10-19)21-13-15-22(16-14-21)24-18-17-23(7-4-2)25(26)27-24/h13-20H,3-12H2,1-2H3. The molecule has 1 heterocycles. The zero-order chi connectivity index (χ0) is 19.1. The summed E-state index contributed by atoms with van der Waals surface area (Å²) in [6.45, 7) is 4.34. The van der Waals surface area contributed by atoms with Crippen molar-refractivity contribution in [3.8, 4) is 11.3 Å². The molecule has 0 unspecified atom stereocenters. The molecule has 1 fully saturated rings. The third kappa shape index (κ3) is 5.40. The number of aromatic nitrogens is 1. The Kier molecular flexibility index (Phi) is 7.43. The summed E-state index contributed by atoms with van der Waals surface area (Å²) >= 11 is 0. The SMILES string of the molecule is CCCCCC1CCC(c2ccc(-c3ccc(CCC)c(F)n3)cc2)CC1. The Morgan fingerprint density at radius 3 is 2.26 bits per heavy atom. The first-order valence-corrected chi connectivity index (χ1v) is 11.0. The van der Waals surface area contributed by atoms with Crippen molar-refractivity contribution >= 4 is 0 Å². The molecule has 0 aliphatic heterocycles. The highest BCUT2D eigenvalue weighted by Gasteiger charge is 2.22. The number of pyridine rings is 1. The summed E-state index contributed by atoms with van der Waals surface area (Å²) in [6, 6.07) is 12.5. The number of hydrogen-bond donors (Lipinski definition) is 0. The molecule has 1 saturated carbocycles. The van der Waals surface area contributed by atoms with Crippen LogP contribution >= 0.6 is 0 Å². The van der Waals surface area contributed by atoms with Crippen LogP contribution in [0.15, 0.2) is 36.4 Å². The molecule has 0 spiro atoms. The highest BCUT2D eigenvalue weighted by atomic mass is 19.1. The summed E-state index contributed by atoms with van der Waals surface area (Å²) in [4.78, 5) is 4.18. The van der Waals surface area contributed by atoms with E-state index in [4.69, 9.17) is 0 Å². The lowest BCUT2D eigenvalue weighted by Crippen LogP contribution is -2.13. The van der Waals surface area contributed by atoms with Crippen LogP contribution in [0.25, 0.3) is 11.3 Å². The lowest BCUT2D eigenvalue weighted by atomic mass is 9.77. The summed E-state index contributed by atoms with van der Waals surface area (Å²) < 4.78 is 14.1. The van der Waals surface area contributed by atoms with Crippen molar-refractivity contribution in [2.24, 2.45) is 5.92 Å². The molecule has 0 atom stereocenters. The van der Waals surface area contributed by atoms with E-state index < -0.39 is 0 Å². The van der Waals surface area contributed by atoms with Gasteiger partial charge in [-0.05, 0) is 55.6 Å². The van der Waals surface area contributed by atoms with Crippen molar-refractivity contribution in [1.29, 1.82) is 0 Å². The fourth-order valence-electron chi connectivity index (χ4n) is 4.47. The topological polar surface area (TPSA) is 12.9 Å². The Morgan fingerprint density at radius 1 is 0.889 bits per heavy atom. The van der Waals surface area contributed by atoms with Gasteiger partial charge in [0.25, 0.3) is 0 Å². The molecule has 0 bridgehead atoms. The number of rotatable bonds is 8. The van der Waals surface area contributed by atoms with E-state index >= 15 is 0 Å². The summed E-state index contributed by atoms with van der Waals surface area (Å²) in [6.07, 6.45) is 12.6. The van der Waals surface area contributed by atoms with Crippen molar-refractivity contribution in [2.45, 2.75) is 84.0 Å². The average Bonchev–Trinajstić information content (AvgIpc) is 2.71. The van der Waals surface area contributed by atoms with Gasteiger partial charge in [0.05, 0.1) is 5.69 Å². The number of hydrogen-bond acceptors (Lipinski definition) is 1. The van der Waals surface area contributed by atoms with Crippen molar-refractivity contribution in [1.82, 2.24) is 4.98 Å². The molecule has 1 aromatic heterocycles. The van der Waals surface area contributed by atoms with Crippen LogP contribution < -0.4 is 0 Å². The van der Waals surface area contributed by atoms with Gasteiger partial charge < -0.3 is 0 Å². The molecular formula is C25H34FN. The van der Waals surface area contributed by atoms with Crippen LogP contribution in [0.1, 0.15) is 88.7 Å². The lowest BCUT2D eigenvalue weighted by Gasteiger charge is -2.29. The first kappa shape index (κ1) is 20.0. The fourth-order valence-corrected chi connectivity index (χ4v) is 4.47. The molecule has 0 N–H and O–H groups in total. The molecule has 3 rings (SSSR count). The quantitative estimate of drug-likeness (QED) is 0.344. The Balaban J connectivity index is 1.59. The van der Waals surface area contributed by atoms with Crippen LogP contribution in [0.3, 0.4) is 0 Å². The van der Waals surface area contributed by atoms with Crippen molar-refractivity contribution in [3.05, 3.63) is 53.5 Å².